The molecule has 4 nitrogen and oxygen atoms in total. The van der Waals surface area contributed by atoms with E-state index in [9.17, 15) is 13.6 Å². The molecular formula is C10H8F2N2O2. The van der Waals surface area contributed by atoms with Crippen LogP contribution in [0.15, 0.2) is 41.5 Å². The molecule has 0 saturated carbocycles. The molecule has 0 bridgehead atoms. The lowest BCUT2D eigenvalue weighted by Gasteiger charge is -2.05. The number of rotatable bonds is 3. The first-order valence-electron chi connectivity index (χ1n) is 4.48. The summed E-state index contributed by atoms with van der Waals surface area (Å²) in [5.41, 5.74) is 0.287. The standard InChI is InChI=1S/C10H8F2N2O2/c11-9(12)16-8-3-1-7(2-4-8)14-6-5-13-10(14)15/h1-6,9H,(H,13,15). The zero-order chi connectivity index (χ0) is 11.5. The average Bonchev–Trinajstić information content (AvgIpc) is 2.65. The predicted octanol–water partition coefficient (Wildman–Crippen LogP) is 1.77. The Kier molecular flexibility index (Phi) is 2.72. The third kappa shape index (κ3) is 2.10. The second-order valence-electron chi connectivity index (χ2n) is 3.01. The van der Waals surface area contributed by atoms with E-state index in [1.54, 1.807) is 6.20 Å². The van der Waals surface area contributed by atoms with Crippen molar-refractivity contribution in [3.05, 3.63) is 47.1 Å². The summed E-state index contributed by atoms with van der Waals surface area (Å²) in [6.45, 7) is -2.85. The summed E-state index contributed by atoms with van der Waals surface area (Å²) in [4.78, 5) is 13.7. The normalized spacial score (nSPS) is 10.7. The molecule has 0 unspecified atom stereocenters. The maximum Gasteiger partial charge on any atom is 0.387 e. The number of halogens is 2. The van der Waals surface area contributed by atoms with Gasteiger partial charge in [0.25, 0.3) is 0 Å². The fourth-order valence-electron chi connectivity index (χ4n) is 1.31. The van der Waals surface area contributed by atoms with Gasteiger partial charge in [-0.25, -0.2) is 4.79 Å². The third-order valence-corrected chi connectivity index (χ3v) is 1.99. The quantitative estimate of drug-likeness (QED) is 0.866. The number of nitrogens with zero attached hydrogens (tertiary/aromatic N) is 1. The van der Waals surface area contributed by atoms with Crippen molar-refractivity contribution in [3.63, 3.8) is 0 Å². The summed E-state index contributed by atoms with van der Waals surface area (Å²) in [5, 5.41) is 0. The average molecular weight is 226 g/mol. The van der Waals surface area contributed by atoms with Crippen molar-refractivity contribution < 1.29 is 13.5 Å². The highest BCUT2D eigenvalue weighted by Gasteiger charge is 2.04. The molecule has 1 aromatic heterocycles. The Balaban J connectivity index is 2.26. The first-order chi connectivity index (χ1) is 7.66. The monoisotopic (exact) mass is 226 g/mol. The van der Waals surface area contributed by atoms with E-state index < -0.39 is 6.61 Å². The number of hydrogen-bond acceptors (Lipinski definition) is 2. The molecule has 0 fully saturated rings. The van der Waals surface area contributed by atoms with Crippen LogP contribution in [-0.4, -0.2) is 16.2 Å². The summed E-state index contributed by atoms with van der Waals surface area (Å²) >= 11 is 0. The Morgan fingerprint density at radius 1 is 1.25 bits per heavy atom. The van der Waals surface area contributed by atoms with Crippen LogP contribution >= 0.6 is 0 Å². The minimum absolute atomic E-state index is 0.0577. The summed E-state index contributed by atoms with van der Waals surface area (Å²) in [6.07, 6.45) is 3.04. The fraction of sp³-hybridized carbons (Fsp3) is 0.100. The molecular weight excluding hydrogens is 218 g/mol. The third-order valence-electron chi connectivity index (χ3n) is 1.99. The van der Waals surface area contributed by atoms with Crippen molar-refractivity contribution in [1.29, 1.82) is 0 Å². The van der Waals surface area contributed by atoms with Gasteiger partial charge in [0, 0.05) is 12.4 Å². The summed E-state index contributed by atoms with van der Waals surface area (Å²) in [7, 11) is 0. The van der Waals surface area contributed by atoms with Crippen molar-refractivity contribution in [3.8, 4) is 11.4 Å². The van der Waals surface area contributed by atoms with Crippen LogP contribution in [0.4, 0.5) is 8.78 Å². The van der Waals surface area contributed by atoms with Gasteiger partial charge in [-0.05, 0) is 24.3 Å². The molecule has 1 heterocycles. The van der Waals surface area contributed by atoms with Gasteiger partial charge in [0.15, 0.2) is 0 Å². The van der Waals surface area contributed by atoms with Crippen molar-refractivity contribution in [2.75, 3.05) is 0 Å². The highest BCUT2D eigenvalue weighted by Crippen LogP contribution is 2.16. The number of H-pyrrole nitrogens is 1. The molecule has 0 aliphatic rings. The van der Waals surface area contributed by atoms with Gasteiger partial charge in [-0.1, -0.05) is 0 Å². The number of hydrogen-bond donors (Lipinski definition) is 1. The molecule has 0 radical (unpaired) electrons. The molecule has 1 N–H and O–H groups in total. The number of imidazole rings is 1. The van der Waals surface area contributed by atoms with E-state index in [1.165, 1.54) is 35.0 Å². The van der Waals surface area contributed by atoms with Crippen LogP contribution in [0.2, 0.25) is 0 Å². The summed E-state index contributed by atoms with van der Waals surface area (Å²) < 4.78 is 29.3. The van der Waals surface area contributed by atoms with Crippen molar-refractivity contribution in [1.82, 2.24) is 9.55 Å². The molecule has 0 aliphatic carbocycles. The lowest BCUT2D eigenvalue weighted by Crippen LogP contribution is -2.13. The van der Waals surface area contributed by atoms with Gasteiger partial charge in [-0.15, -0.1) is 0 Å². The van der Waals surface area contributed by atoms with Gasteiger partial charge in [-0.2, -0.15) is 8.78 Å². The number of nitrogens with one attached hydrogen (secondary N) is 1. The van der Waals surface area contributed by atoms with Crippen LogP contribution in [0, 0.1) is 0 Å². The number of aromatic amines is 1. The second-order valence-corrected chi connectivity index (χ2v) is 3.01. The first kappa shape index (κ1) is 10.4. The molecule has 1 aromatic carbocycles. The van der Waals surface area contributed by atoms with Crippen LogP contribution in [0.3, 0.4) is 0 Å². The molecule has 0 atom stereocenters. The summed E-state index contributed by atoms with van der Waals surface area (Å²) in [6, 6.07) is 5.79. The van der Waals surface area contributed by atoms with Crippen LogP contribution in [0.1, 0.15) is 0 Å². The molecule has 0 saturated heterocycles. The zero-order valence-corrected chi connectivity index (χ0v) is 8.06. The summed E-state index contributed by atoms with van der Waals surface area (Å²) in [5.74, 6) is 0.0577. The SMILES string of the molecule is O=c1[nH]ccn1-c1ccc(OC(F)F)cc1. The van der Waals surface area contributed by atoms with Gasteiger partial charge < -0.3 is 9.72 Å². The molecule has 6 heteroatoms. The van der Waals surface area contributed by atoms with E-state index in [4.69, 9.17) is 0 Å². The second kappa shape index (κ2) is 4.18. The number of aromatic nitrogens is 2. The molecule has 0 amide bonds. The number of benzene rings is 1. The predicted molar refractivity (Wildman–Crippen MR) is 53.0 cm³/mol. The highest BCUT2D eigenvalue weighted by molar-refractivity contribution is 5.37. The zero-order valence-electron chi connectivity index (χ0n) is 8.06. The smallest absolute Gasteiger partial charge is 0.387 e. The van der Waals surface area contributed by atoms with Crippen molar-refractivity contribution >= 4 is 0 Å². The Bertz CT molecular complexity index is 516. The molecule has 2 aromatic rings. The minimum atomic E-state index is -2.85. The minimum Gasteiger partial charge on any atom is -0.435 e. The Labute approximate surface area is 89.1 Å². The van der Waals surface area contributed by atoms with E-state index in [1.807, 2.05) is 0 Å². The maximum atomic E-state index is 11.9. The highest BCUT2D eigenvalue weighted by atomic mass is 19.3. The lowest BCUT2D eigenvalue weighted by molar-refractivity contribution is -0.0498. The van der Waals surface area contributed by atoms with E-state index in [-0.39, 0.29) is 11.4 Å². The maximum absolute atomic E-state index is 11.9. The van der Waals surface area contributed by atoms with Crippen LogP contribution in [-0.2, 0) is 0 Å². The van der Waals surface area contributed by atoms with Gasteiger partial charge in [0.1, 0.15) is 5.75 Å². The van der Waals surface area contributed by atoms with E-state index in [2.05, 4.69) is 9.72 Å². The Morgan fingerprint density at radius 3 is 2.44 bits per heavy atom. The fourth-order valence-corrected chi connectivity index (χ4v) is 1.31. The Morgan fingerprint density at radius 2 is 1.94 bits per heavy atom. The Hall–Kier alpha value is -2.11. The van der Waals surface area contributed by atoms with Gasteiger partial charge in [0.05, 0.1) is 5.69 Å². The van der Waals surface area contributed by atoms with Crippen LogP contribution < -0.4 is 10.4 Å². The number of ether oxygens (including phenoxy) is 1. The molecule has 84 valence electrons. The molecule has 0 aliphatic heterocycles. The molecule has 0 spiro atoms. The van der Waals surface area contributed by atoms with E-state index in [0.29, 0.717) is 5.69 Å². The van der Waals surface area contributed by atoms with Crippen molar-refractivity contribution in [2.45, 2.75) is 6.61 Å². The number of alkyl halides is 2. The van der Waals surface area contributed by atoms with E-state index in [0.717, 1.165) is 0 Å². The van der Waals surface area contributed by atoms with Gasteiger partial charge in [-0.3, -0.25) is 4.57 Å². The molecule has 16 heavy (non-hydrogen) atoms. The topological polar surface area (TPSA) is 47.0 Å². The largest absolute Gasteiger partial charge is 0.435 e. The van der Waals surface area contributed by atoms with Crippen LogP contribution in [0.5, 0.6) is 5.75 Å². The molecule has 2 rings (SSSR count). The van der Waals surface area contributed by atoms with Gasteiger partial charge in [0.2, 0.25) is 0 Å². The van der Waals surface area contributed by atoms with Crippen LogP contribution in [0.25, 0.3) is 5.69 Å². The lowest BCUT2D eigenvalue weighted by atomic mass is 10.3. The van der Waals surface area contributed by atoms with E-state index >= 15 is 0 Å². The first-order valence-corrected chi connectivity index (χ1v) is 4.48. The van der Waals surface area contributed by atoms with Crippen molar-refractivity contribution in [2.24, 2.45) is 0 Å². The van der Waals surface area contributed by atoms with Gasteiger partial charge >= 0.3 is 12.3 Å².